The number of likely N-dealkylation sites (N-methyl/N-ethyl adjacent to an activating group) is 1. The number of nitrogens with zero attached hydrogens (tertiary/aromatic N) is 1. The predicted molar refractivity (Wildman–Crippen MR) is 65.0 cm³/mol. The molecule has 0 unspecified atom stereocenters. The van der Waals surface area contributed by atoms with E-state index in [0.29, 0.717) is 13.2 Å². The molecule has 0 aliphatic rings. The van der Waals surface area contributed by atoms with Crippen LogP contribution in [0.3, 0.4) is 0 Å². The lowest BCUT2D eigenvalue weighted by atomic mass is 10.2. The Morgan fingerprint density at radius 3 is 2.62 bits per heavy atom. The summed E-state index contributed by atoms with van der Waals surface area (Å²) >= 11 is 0. The summed E-state index contributed by atoms with van der Waals surface area (Å²) in [6.45, 7) is 0.640. The second kappa shape index (κ2) is 6.80. The Balaban J connectivity index is 2.25. The molecule has 0 heterocycles. The maximum atomic E-state index is 11.2. The summed E-state index contributed by atoms with van der Waals surface area (Å²) in [7, 11) is 3.67. The molecule has 3 heteroatoms. The lowest BCUT2D eigenvalue weighted by Crippen LogP contribution is -2.23. The van der Waals surface area contributed by atoms with Crippen LogP contribution in [0, 0.1) is 0 Å². The molecule has 1 aromatic rings. The van der Waals surface area contributed by atoms with Crippen molar-refractivity contribution in [3.63, 3.8) is 0 Å². The highest BCUT2D eigenvalue weighted by atomic mass is 16.5. The number of hydrogen-bond acceptors (Lipinski definition) is 3. The van der Waals surface area contributed by atoms with E-state index in [1.54, 1.807) is 4.90 Å². The van der Waals surface area contributed by atoms with E-state index in [4.69, 9.17) is 4.74 Å². The lowest BCUT2D eigenvalue weighted by Gasteiger charge is -2.07. The van der Waals surface area contributed by atoms with Crippen molar-refractivity contribution in [2.24, 2.45) is 0 Å². The number of carbonyl (C=O) groups excluding carboxylic acids is 1. The Morgan fingerprint density at radius 1 is 1.31 bits per heavy atom. The second-order valence-electron chi connectivity index (χ2n) is 3.73. The van der Waals surface area contributed by atoms with Crippen molar-refractivity contribution >= 4 is 12.0 Å². The Hall–Kier alpha value is -1.61. The highest BCUT2D eigenvalue weighted by Crippen LogP contribution is 2.00. The first kappa shape index (κ1) is 12.5. The van der Waals surface area contributed by atoms with Crippen LogP contribution in [0.4, 0.5) is 0 Å². The molecule has 0 spiro atoms. The van der Waals surface area contributed by atoms with Gasteiger partial charge in [0.05, 0.1) is 6.54 Å². The van der Waals surface area contributed by atoms with E-state index in [-0.39, 0.29) is 5.97 Å². The van der Waals surface area contributed by atoms with Crippen molar-refractivity contribution in [1.29, 1.82) is 0 Å². The van der Waals surface area contributed by atoms with Crippen LogP contribution in [-0.4, -0.2) is 38.1 Å². The number of ether oxygens (including phenoxy) is 1. The first-order valence-corrected chi connectivity index (χ1v) is 5.20. The van der Waals surface area contributed by atoms with E-state index < -0.39 is 0 Å². The molecule has 86 valence electrons. The molecule has 0 amide bonds. The second-order valence-corrected chi connectivity index (χ2v) is 3.73. The Labute approximate surface area is 96.3 Å². The van der Waals surface area contributed by atoms with Crippen molar-refractivity contribution in [3.05, 3.63) is 42.0 Å². The van der Waals surface area contributed by atoms with Gasteiger partial charge in [-0.05, 0) is 25.7 Å². The van der Waals surface area contributed by atoms with E-state index in [2.05, 4.69) is 0 Å². The Kier molecular flexibility index (Phi) is 5.29. The van der Waals surface area contributed by atoms with Gasteiger partial charge in [0.1, 0.15) is 6.61 Å². The summed E-state index contributed by atoms with van der Waals surface area (Å²) in [5.41, 5.74) is 1.10. The standard InChI is InChI=1S/C13H17NO2/c1-14(2)11-13(15)16-10-6-9-12-7-4-3-5-8-12/h3-9H,10-11H2,1-2H3/b9-6+. The molecule has 0 radical (unpaired) electrons. The van der Waals surface area contributed by atoms with Gasteiger partial charge in [0.25, 0.3) is 0 Å². The Bertz CT molecular complexity index is 344. The van der Waals surface area contributed by atoms with Crippen molar-refractivity contribution in [2.75, 3.05) is 27.2 Å². The van der Waals surface area contributed by atoms with Gasteiger partial charge in [0.2, 0.25) is 0 Å². The maximum Gasteiger partial charge on any atom is 0.320 e. The van der Waals surface area contributed by atoms with Crippen LogP contribution in [0.25, 0.3) is 6.08 Å². The van der Waals surface area contributed by atoms with Gasteiger partial charge in [-0.3, -0.25) is 9.69 Å². The van der Waals surface area contributed by atoms with Gasteiger partial charge in [-0.1, -0.05) is 36.4 Å². The summed E-state index contributed by atoms with van der Waals surface area (Å²) in [4.78, 5) is 12.9. The summed E-state index contributed by atoms with van der Waals surface area (Å²) in [5, 5.41) is 0. The fourth-order valence-corrected chi connectivity index (χ4v) is 1.19. The molecule has 0 saturated carbocycles. The van der Waals surface area contributed by atoms with Gasteiger partial charge < -0.3 is 4.74 Å². The molecule has 1 aromatic carbocycles. The average molecular weight is 219 g/mol. The molecular formula is C13H17NO2. The molecule has 0 fully saturated rings. The molecule has 0 atom stereocenters. The minimum absolute atomic E-state index is 0.206. The topological polar surface area (TPSA) is 29.5 Å². The zero-order valence-corrected chi connectivity index (χ0v) is 9.72. The summed E-state index contributed by atoms with van der Waals surface area (Å²) in [5.74, 6) is -0.206. The van der Waals surface area contributed by atoms with Crippen LogP contribution in [-0.2, 0) is 9.53 Å². The van der Waals surface area contributed by atoms with E-state index in [1.165, 1.54) is 0 Å². The number of hydrogen-bond donors (Lipinski definition) is 0. The monoisotopic (exact) mass is 219 g/mol. The largest absolute Gasteiger partial charge is 0.460 e. The first-order valence-electron chi connectivity index (χ1n) is 5.20. The van der Waals surface area contributed by atoms with Gasteiger partial charge in [-0.25, -0.2) is 0 Å². The van der Waals surface area contributed by atoms with E-state index in [1.807, 2.05) is 56.6 Å². The molecule has 0 aliphatic heterocycles. The van der Waals surface area contributed by atoms with Crippen LogP contribution in [0.5, 0.6) is 0 Å². The highest BCUT2D eigenvalue weighted by Gasteiger charge is 2.01. The smallest absolute Gasteiger partial charge is 0.320 e. The molecule has 0 saturated heterocycles. The van der Waals surface area contributed by atoms with E-state index in [9.17, 15) is 4.79 Å². The van der Waals surface area contributed by atoms with Crippen LogP contribution in [0.15, 0.2) is 36.4 Å². The number of carbonyl (C=O) groups is 1. The van der Waals surface area contributed by atoms with E-state index in [0.717, 1.165) is 5.56 Å². The molecule has 0 bridgehead atoms. The van der Waals surface area contributed by atoms with Gasteiger partial charge in [0, 0.05) is 0 Å². The zero-order chi connectivity index (χ0) is 11.8. The molecule has 16 heavy (non-hydrogen) atoms. The van der Waals surface area contributed by atoms with Crippen LogP contribution < -0.4 is 0 Å². The van der Waals surface area contributed by atoms with Crippen LogP contribution in [0.2, 0.25) is 0 Å². The third kappa shape index (κ3) is 5.32. The minimum atomic E-state index is -0.206. The molecule has 0 aromatic heterocycles. The van der Waals surface area contributed by atoms with Crippen molar-refractivity contribution in [1.82, 2.24) is 4.90 Å². The van der Waals surface area contributed by atoms with Gasteiger partial charge >= 0.3 is 5.97 Å². The van der Waals surface area contributed by atoms with Crippen molar-refractivity contribution < 1.29 is 9.53 Å². The van der Waals surface area contributed by atoms with Crippen molar-refractivity contribution in [2.45, 2.75) is 0 Å². The molecule has 3 nitrogen and oxygen atoms in total. The minimum Gasteiger partial charge on any atom is -0.460 e. The highest BCUT2D eigenvalue weighted by molar-refractivity contribution is 5.71. The maximum absolute atomic E-state index is 11.2. The molecular weight excluding hydrogens is 202 g/mol. The summed E-state index contributed by atoms with van der Waals surface area (Å²) < 4.78 is 5.01. The van der Waals surface area contributed by atoms with Gasteiger partial charge in [-0.15, -0.1) is 0 Å². The van der Waals surface area contributed by atoms with Crippen LogP contribution in [0.1, 0.15) is 5.56 Å². The summed E-state index contributed by atoms with van der Waals surface area (Å²) in [6, 6.07) is 9.90. The first-order chi connectivity index (χ1) is 7.68. The molecule has 0 aliphatic carbocycles. The van der Waals surface area contributed by atoms with Crippen LogP contribution >= 0.6 is 0 Å². The zero-order valence-electron chi connectivity index (χ0n) is 9.72. The predicted octanol–water partition coefficient (Wildman–Crippen LogP) is 1.80. The van der Waals surface area contributed by atoms with Gasteiger partial charge in [0.15, 0.2) is 0 Å². The fraction of sp³-hybridized carbons (Fsp3) is 0.308. The summed E-state index contributed by atoms with van der Waals surface area (Å²) in [6.07, 6.45) is 3.77. The van der Waals surface area contributed by atoms with Crippen molar-refractivity contribution in [3.8, 4) is 0 Å². The SMILES string of the molecule is CN(C)CC(=O)OC/C=C/c1ccccc1. The quantitative estimate of drug-likeness (QED) is 0.707. The fourth-order valence-electron chi connectivity index (χ4n) is 1.19. The lowest BCUT2D eigenvalue weighted by molar-refractivity contribution is -0.143. The normalized spacial score (nSPS) is 10.9. The molecule has 0 N–H and O–H groups in total. The number of esters is 1. The Morgan fingerprint density at radius 2 is 2.00 bits per heavy atom. The average Bonchev–Trinajstić information content (AvgIpc) is 2.25. The molecule has 1 rings (SSSR count). The van der Waals surface area contributed by atoms with Gasteiger partial charge in [-0.2, -0.15) is 0 Å². The third-order valence-corrected chi connectivity index (χ3v) is 1.90. The number of benzene rings is 1. The third-order valence-electron chi connectivity index (χ3n) is 1.90. The number of rotatable bonds is 5. The van der Waals surface area contributed by atoms with E-state index >= 15 is 0 Å².